The summed E-state index contributed by atoms with van der Waals surface area (Å²) in [4.78, 5) is 15.5. The molecule has 0 N–H and O–H groups in total. The van der Waals surface area contributed by atoms with Crippen molar-refractivity contribution in [1.82, 2.24) is 19.5 Å². The topological polar surface area (TPSA) is 56.7 Å². The number of rotatable bonds is 5. The van der Waals surface area contributed by atoms with Crippen LogP contribution >= 0.6 is 11.3 Å². The number of aryl methyl sites for hydroxylation is 3. The fourth-order valence-corrected chi connectivity index (χ4v) is 11.8. The molecule has 0 aliphatic rings. The van der Waals surface area contributed by atoms with Crippen molar-refractivity contribution in [3.8, 4) is 28.3 Å². The SMILES string of the molecule is Cc1cc2c(oc3cc(C(C)C)ccc32)c(C)c1-n1c(-c2[c-]ccc3c2sc2ncccc23)nc2ccc3ccccc3c21.[2H]C([2H])([2H])c1c[c]([Ge]([CH3])([CH3])[CH3])cnc1-c1[c-]cccc1.[Ir]. The summed E-state index contributed by atoms with van der Waals surface area (Å²) in [6.45, 7) is 6.67. The molecule has 11 aromatic rings. The molecule has 62 heavy (non-hydrogen) atoms. The summed E-state index contributed by atoms with van der Waals surface area (Å²) >= 11 is -0.396. The van der Waals surface area contributed by atoms with Gasteiger partial charge in [-0.15, -0.1) is 18.2 Å². The van der Waals surface area contributed by atoms with Crippen molar-refractivity contribution in [2.75, 3.05) is 0 Å². The van der Waals surface area contributed by atoms with E-state index in [9.17, 15) is 0 Å². The van der Waals surface area contributed by atoms with Gasteiger partial charge in [-0.25, -0.2) is 4.98 Å². The zero-order valence-electron chi connectivity index (χ0n) is 38.6. The quantitative estimate of drug-likeness (QED) is 0.127. The van der Waals surface area contributed by atoms with E-state index in [-0.39, 0.29) is 20.1 Å². The number of nitrogens with zero attached hydrogens (tertiary/aromatic N) is 4. The van der Waals surface area contributed by atoms with Gasteiger partial charge in [0.15, 0.2) is 0 Å². The summed E-state index contributed by atoms with van der Waals surface area (Å²) in [5.41, 5.74) is 11.1. The van der Waals surface area contributed by atoms with Crippen molar-refractivity contribution >= 4 is 93.0 Å². The van der Waals surface area contributed by atoms with E-state index in [0.717, 1.165) is 80.5 Å². The predicted octanol–water partition coefficient (Wildman–Crippen LogP) is 14.4. The molecular formula is C54H46GeIrN4OS-2. The Morgan fingerprint density at radius 2 is 1.60 bits per heavy atom. The van der Waals surface area contributed by atoms with Gasteiger partial charge < -0.3 is 8.98 Å². The minimum atomic E-state index is -2.16. The molecule has 11 rings (SSSR count). The molecule has 0 fully saturated rings. The maximum atomic E-state index is 7.76. The number of pyridine rings is 2. The number of imidazole rings is 1. The number of aromatic nitrogens is 4. The van der Waals surface area contributed by atoms with Crippen LogP contribution in [-0.4, -0.2) is 32.8 Å². The van der Waals surface area contributed by atoms with E-state index >= 15 is 0 Å². The zero-order valence-corrected chi connectivity index (χ0v) is 41.0. The van der Waals surface area contributed by atoms with Crippen LogP contribution in [0.25, 0.3) is 92.4 Å². The molecule has 0 spiro atoms. The molecule has 0 saturated carbocycles. The molecule has 1 radical (unpaired) electrons. The van der Waals surface area contributed by atoms with E-state index < -0.39 is 20.1 Å². The van der Waals surface area contributed by atoms with Gasteiger partial charge in [0.1, 0.15) is 16.0 Å². The number of fused-ring (bicyclic) bond motifs is 9. The molecular weight excluding hydrogens is 1020 g/mol. The molecule has 8 heteroatoms. The van der Waals surface area contributed by atoms with Gasteiger partial charge in [0.2, 0.25) is 0 Å². The first kappa shape index (κ1) is 38.3. The van der Waals surface area contributed by atoms with E-state index in [1.54, 1.807) is 17.4 Å². The van der Waals surface area contributed by atoms with Crippen molar-refractivity contribution in [3.05, 3.63) is 162 Å². The van der Waals surface area contributed by atoms with Gasteiger partial charge >= 0.3 is 110 Å². The van der Waals surface area contributed by atoms with Gasteiger partial charge in [0.25, 0.3) is 0 Å². The maximum absolute atomic E-state index is 7.76. The number of thiophene rings is 1. The molecule has 5 nitrogen and oxygen atoms in total. The van der Waals surface area contributed by atoms with E-state index in [0.29, 0.717) is 17.2 Å². The standard InChI is InChI=1S/C39H28N3OS.C15H18GeN.Ir/c1-21(2)25-14-16-27-31-19-22(3)34(23(4)36(31)43-33(27)20-25)42-35-26-10-6-5-9-24(26)15-17-32(35)41-38(42)30-12-7-11-28-29-13-8-18-40-39(29)44-37(28)30;1-12-10-14(16(2,3)4)11-17-15(12)13-8-6-5-7-9-13;/h5-11,13-21H,1-4H3;5-8,10-11H,1-4H3;/q2*-1;/i;1D3;. The third kappa shape index (κ3) is 7.19. The summed E-state index contributed by atoms with van der Waals surface area (Å²) in [7, 11) is 0. The second-order valence-corrected chi connectivity index (χ2v) is 28.8. The minimum Gasteiger partial charge on any atom is 0 e. The van der Waals surface area contributed by atoms with Crippen LogP contribution in [0.5, 0.6) is 0 Å². The molecule has 6 aromatic carbocycles. The van der Waals surface area contributed by atoms with Gasteiger partial charge in [0.05, 0.1) is 16.9 Å². The van der Waals surface area contributed by atoms with Crippen molar-refractivity contribution in [1.29, 1.82) is 0 Å². The fraction of sp³-hybridized carbons (Fsp3) is 0.167. The van der Waals surface area contributed by atoms with Crippen LogP contribution in [0, 0.1) is 32.8 Å². The molecule has 5 heterocycles. The predicted molar refractivity (Wildman–Crippen MR) is 261 cm³/mol. The van der Waals surface area contributed by atoms with E-state index in [4.69, 9.17) is 13.5 Å². The third-order valence-corrected chi connectivity index (χ3v) is 17.1. The van der Waals surface area contributed by atoms with Gasteiger partial charge in [-0.3, -0.25) is 4.98 Å². The number of benzene rings is 6. The fourth-order valence-electron chi connectivity index (χ4n) is 8.54. The van der Waals surface area contributed by atoms with Crippen molar-refractivity contribution in [2.24, 2.45) is 0 Å². The van der Waals surface area contributed by atoms with Gasteiger partial charge in [-0.2, -0.15) is 11.3 Å². The van der Waals surface area contributed by atoms with Gasteiger partial charge in [0, 0.05) is 53.7 Å². The maximum Gasteiger partial charge on any atom is 0 e. The van der Waals surface area contributed by atoms with Crippen LogP contribution in [0.4, 0.5) is 0 Å². The van der Waals surface area contributed by atoms with Crippen LogP contribution in [0.3, 0.4) is 0 Å². The zero-order chi connectivity index (χ0) is 44.7. The summed E-state index contributed by atoms with van der Waals surface area (Å²) < 4.78 is 34.6. The first-order valence-electron chi connectivity index (χ1n) is 22.2. The van der Waals surface area contributed by atoms with Crippen molar-refractivity contribution in [2.45, 2.75) is 57.7 Å². The Kier molecular flexibility index (Phi) is 10.1. The molecule has 5 aromatic heterocycles. The Morgan fingerprint density at radius 1 is 0.774 bits per heavy atom. The largest absolute Gasteiger partial charge is 0 e. The van der Waals surface area contributed by atoms with Crippen LogP contribution in [0.2, 0.25) is 17.3 Å². The Morgan fingerprint density at radius 3 is 2.39 bits per heavy atom. The molecule has 0 unspecified atom stereocenters. The van der Waals surface area contributed by atoms with Crippen molar-refractivity contribution in [3.63, 3.8) is 0 Å². The first-order chi connectivity index (χ1) is 30.7. The molecule has 0 aliphatic carbocycles. The first-order valence-corrected chi connectivity index (χ1v) is 28.9. The Labute approximate surface area is 386 Å². The summed E-state index contributed by atoms with van der Waals surface area (Å²) in [5.74, 6) is 8.00. The monoisotopic (exact) mass is 1070 g/mol. The number of furan rings is 1. The summed E-state index contributed by atoms with van der Waals surface area (Å²) in [5, 5.41) is 6.99. The normalized spacial score (nSPS) is 12.8. The molecule has 0 saturated heterocycles. The van der Waals surface area contributed by atoms with Gasteiger partial charge in [-0.1, -0.05) is 73.3 Å². The summed E-state index contributed by atoms with van der Waals surface area (Å²) in [6, 6.07) is 46.0. The van der Waals surface area contributed by atoms with Crippen molar-refractivity contribution < 1.29 is 28.6 Å². The van der Waals surface area contributed by atoms with E-state index in [2.05, 4.69) is 144 Å². The molecule has 0 amide bonds. The smallest absolute Gasteiger partial charge is 0 e. The van der Waals surface area contributed by atoms with E-state index in [1.807, 2.05) is 48.8 Å². The van der Waals surface area contributed by atoms with Gasteiger partial charge in [-0.05, 0) is 70.6 Å². The van der Waals surface area contributed by atoms with Crippen LogP contribution in [0.1, 0.15) is 46.1 Å². The van der Waals surface area contributed by atoms with E-state index in [1.165, 1.54) is 27.3 Å². The molecule has 0 aliphatic heterocycles. The second-order valence-electron chi connectivity index (χ2n) is 17.2. The Balaban J connectivity index is 0.000000215. The molecule has 309 valence electrons. The molecule has 0 bridgehead atoms. The molecule has 0 atom stereocenters. The second kappa shape index (κ2) is 16.4. The number of hydrogen-bond donors (Lipinski definition) is 0. The van der Waals surface area contributed by atoms with Crippen LogP contribution in [-0.2, 0) is 20.1 Å². The minimum absolute atomic E-state index is 0. The third-order valence-electron chi connectivity index (χ3n) is 11.8. The van der Waals surface area contributed by atoms with Crippen LogP contribution < -0.4 is 4.40 Å². The Hall–Kier alpha value is -5.44. The Bertz CT molecular complexity index is 3610. The number of hydrogen-bond acceptors (Lipinski definition) is 5. The van der Waals surface area contributed by atoms with Crippen LogP contribution in [0.15, 0.2) is 132 Å². The summed E-state index contributed by atoms with van der Waals surface area (Å²) in [6.07, 6.45) is 3.70. The average Bonchev–Trinajstić information content (AvgIpc) is 3.98. The average molecular weight is 1070 g/mol.